The van der Waals surface area contributed by atoms with Gasteiger partial charge in [0.1, 0.15) is 12.4 Å². The number of benzene rings is 2. The van der Waals surface area contributed by atoms with Crippen molar-refractivity contribution in [3.05, 3.63) is 53.2 Å². The molecule has 0 aliphatic carbocycles. The zero-order valence-corrected chi connectivity index (χ0v) is 30.3. The third-order valence-electron chi connectivity index (χ3n) is 10.9. The summed E-state index contributed by atoms with van der Waals surface area (Å²) in [4.78, 5) is 17.5. The average Bonchev–Trinajstić information content (AvgIpc) is 3.50. The fourth-order valence-corrected chi connectivity index (χ4v) is 8.17. The van der Waals surface area contributed by atoms with Crippen molar-refractivity contribution < 1.29 is 9.16 Å². The van der Waals surface area contributed by atoms with Crippen molar-refractivity contribution in [2.75, 3.05) is 62.3 Å². The molecule has 0 radical (unpaired) electrons. The van der Waals surface area contributed by atoms with Crippen LogP contribution in [0.2, 0.25) is 18.1 Å². The monoisotopic (exact) mass is 655 g/mol. The third-order valence-corrected chi connectivity index (χ3v) is 15.4. The van der Waals surface area contributed by atoms with Gasteiger partial charge in [-0.3, -0.25) is 4.90 Å². The summed E-state index contributed by atoms with van der Waals surface area (Å²) in [5.74, 6) is 0.981. The summed E-state index contributed by atoms with van der Waals surface area (Å²) in [6.45, 7) is 21.1. The number of likely N-dealkylation sites (tertiary alicyclic amines) is 1. The predicted molar refractivity (Wildman–Crippen MR) is 193 cm³/mol. The largest absolute Gasteiger partial charge is 0.462 e. The number of aromatic nitrogens is 2. The highest BCUT2D eigenvalue weighted by molar-refractivity contribution is 6.74. The minimum absolute atomic E-state index is 0.128. The summed E-state index contributed by atoms with van der Waals surface area (Å²) in [6, 6.07) is 16.4. The molecule has 252 valence electrons. The van der Waals surface area contributed by atoms with Crippen molar-refractivity contribution >= 4 is 30.6 Å². The molecule has 2 atom stereocenters. The van der Waals surface area contributed by atoms with Gasteiger partial charge in [-0.25, -0.2) is 0 Å². The Hall–Kier alpha value is -3.23. The molecule has 9 nitrogen and oxygen atoms in total. The van der Waals surface area contributed by atoms with E-state index in [1.165, 1.54) is 34.0 Å². The van der Waals surface area contributed by atoms with Gasteiger partial charge in [-0.15, -0.1) is 0 Å². The molecule has 2 aromatic carbocycles. The molecule has 10 heteroatoms. The number of nitrogens with zero attached hydrogens (tertiary/aromatic N) is 6. The zero-order chi connectivity index (χ0) is 33.2. The summed E-state index contributed by atoms with van der Waals surface area (Å²) in [6.07, 6.45) is 3.63. The highest BCUT2D eigenvalue weighted by atomic mass is 28.4. The predicted octanol–water partition coefficient (Wildman–Crippen LogP) is 6.06. The van der Waals surface area contributed by atoms with Crippen LogP contribution < -0.4 is 19.9 Å². The minimum atomic E-state index is -1.78. The van der Waals surface area contributed by atoms with Gasteiger partial charge in [0.15, 0.2) is 8.32 Å². The molecule has 1 N–H and O–H groups in total. The van der Waals surface area contributed by atoms with Crippen LogP contribution in [-0.4, -0.2) is 87.8 Å². The quantitative estimate of drug-likeness (QED) is 0.262. The second kappa shape index (κ2) is 14.1. The van der Waals surface area contributed by atoms with Gasteiger partial charge in [0.05, 0.1) is 24.7 Å². The molecule has 6 rings (SSSR count). The van der Waals surface area contributed by atoms with Gasteiger partial charge in [0, 0.05) is 68.1 Å². The first-order valence-corrected chi connectivity index (χ1v) is 20.4. The number of piperazine rings is 1. The number of fused-ring (bicyclic) bond motifs is 2. The molecule has 0 amide bonds. The van der Waals surface area contributed by atoms with Gasteiger partial charge < -0.3 is 24.3 Å². The first-order valence-electron chi connectivity index (χ1n) is 17.5. The van der Waals surface area contributed by atoms with E-state index in [1.807, 2.05) is 0 Å². The van der Waals surface area contributed by atoms with Crippen LogP contribution in [0.5, 0.6) is 6.01 Å². The molecule has 0 bridgehead atoms. The molecule has 2 fully saturated rings. The van der Waals surface area contributed by atoms with Crippen LogP contribution in [0.4, 0.5) is 11.5 Å². The minimum Gasteiger partial charge on any atom is -0.462 e. The van der Waals surface area contributed by atoms with E-state index in [9.17, 15) is 5.26 Å². The van der Waals surface area contributed by atoms with E-state index in [4.69, 9.17) is 19.1 Å². The topological polar surface area (TPSA) is 89.8 Å². The van der Waals surface area contributed by atoms with E-state index in [0.717, 1.165) is 70.2 Å². The van der Waals surface area contributed by atoms with E-state index in [0.29, 0.717) is 31.6 Å². The van der Waals surface area contributed by atoms with Gasteiger partial charge in [0.25, 0.3) is 0 Å². The maximum absolute atomic E-state index is 9.40. The summed E-state index contributed by atoms with van der Waals surface area (Å²) in [7, 11) is -1.78. The lowest BCUT2D eigenvalue weighted by Gasteiger charge is -2.37. The Morgan fingerprint density at radius 2 is 1.87 bits per heavy atom. The number of hydrogen-bond acceptors (Lipinski definition) is 9. The fourth-order valence-electron chi connectivity index (χ4n) is 7.14. The van der Waals surface area contributed by atoms with Crippen LogP contribution in [0.15, 0.2) is 36.4 Å². The van der Waals surface area contributed by atoms with E-state index in [1.54, 1.807) is 0 Å². The Balaban J connectivity index is 1.22. The zero-order valence-electron chi connectivity index (χ0n) is 29.3. The van der Waals surface area contributed by atoms with Crippen molar-refractivity contribution in [1.82, 2.24) is 20.2 Å². The van der Waals surface area contributed by atoms with Crippen LogP contribution in [0.25, 0.3) is 10.8 Å². The van der Waals surface area contributed by atoms with Crippen molar-refractivity contribution in [2.45, 2.75) is 90.1 Å². The summed E-state index contributed by atoms with van der Waals surface area (Å²) in [5.41, 5.74) is 4.81. The molecule has 3 aliphatic rings. The molecule has 0 spiro atoms. The normalized spacial score (nSPS) is 20.8. The Morgan fingerprint density at radius 3 is 2.66 bits per heavy atom. The number of rotatable bonds is 10. The molecule has 3 aromatic rings. The molecule has 2 saturated heterocycles. The van der Waals surface area contributed by atoms with Crippen LogP contribution in [-0.2, 0) is 17.4 Å². The lowest BCUT2D eigenvalue weighted by atomic mass is 9.99. The average molecular weight is 656 g/mol. The SMILES string of the molecule is Cc1cccc2cccc(N3CCc4c(nc(OCC5CCCN5CCO[Si](C)(C)C(C)(C)C)nc4N4CCNC(CC#N)C4)C3)c12. The van der Waals surface area contributed by atoms with Crippen LogP contribution in [0, 0.1) is 18.3 Å². The van der Waals surface area contributed by atoms with Crippen molar-refractivity contribution in [3.8, 4) is 12.1 Å². The number of aryl methyl sites for hydroxylation is 1. The summed E-state index contributed by atoms with van der Waals surface area (Å²) < 4.78 is 13.0. The standard InChI is InChI=1S/C37H53N7O2Si/c1-27-10-7-11-28-12-8-14-33(34(27)28)43-20-16-31-32(25-43)40-36(41-35(31)44-21-18-39-29(24-44)15-17-38)45-26-30-13-9-19-42(30)22-23-46-47(5,6)37(2,3)4/h7-8,10-12,14,29-30,39H,9,13,15-16,18-26H2,1-6H3. The van der Waals surface area contributed by atoms with Gasteiger partial charge >= 0.3 is 6.01 Å². The van der Waals surface area contributed by atoms with Crippen LogP contribution in [0.1, 0.15) is 56.9 Å². The van der Waals surface area contributed by atoms with E-state index >= 15 is 0 Å². The van der Waals surface area contributed by atoms with E-state index in [2.05, 4.69) is 103 Å². The maximum atomic E-state index is 9.40. The van der Waals surface area contributed by atoms with Gasteiger partial charge in [-0.1, -0.05) is 51.1 Å². The second-order valence-electron chi connectivity index (χ2n) is 15.1. The summed E-state index contributed by atoms with van der Waals surface area (Å²) >= 11 is 0. The number of nitrogens with one attached hydrogen (secondary N) is 1. The lowest BCUT2D eigenvalue weighted by Crippen LogP contribution is -2.51. The highest BCUT2D eigenvalue weighted by Gasteiger charge is 2.37. The first-order chi connectivity index (χ1) is 22.5. The smallest absolute Gasteiger partial charge is 0.318 e. The second-order valence-corrected chi connectivity index (χ2v) is 19.9. The van der Waals surface area contributed by atoms with E-state index < -0.39 is 8.32 Å². The molecular formula is C37H53N7O2Si. The molecule has 1 aromatic heterocycles. The van der Waals surface area contributed by atoms with Gasteiger partial charge in [-0.2, -0.15) is 15.2 Å². The molecular weight excluding hydrogens is 603 g/mol. The number of ether oxygens (including phenoxy) is 1. The fraction of sp³-hybridized carbons (Fsp3) is 0.595. The highest BCUT2D eigenvalue weighted by Crippen LogP contribution is 2.37. The Kier molecular flexibility index (Phi) is 10.1. The third kappa shape index (κ3) is 7.44. The molecule has 2 unspecified atom stereocenters. The molecule has 0 saturated carbocycles. The summed E-state index contributed by atoms with van der Waals surface area (Å²) in [5, 5.41) is 15.7. The van der Waals surface area contributed by atoms with Crippen molar-refractivity contribution in [2.24, 2.45) is 0 Å². The molecule has 3 aliphatic heterocycles. The maximum Gasteiger partial charge on any atom is 0.318 e. The van der Waals surface area contributed by atoms with Crippen LogP contribution >= 0.6 is 0 Å². The Bertz CT molecular complexity index is 1590. The van der Waals surface area contributed by atoms with Gasteiger partial charge in [-0.05, 0) is 67.9 Å². The number of hydrogen-bond donors (Lipinski definition) is 1. The first kappa shape index (κ1) is 33.7. The molecule has 47 heavy (non-hydrogen) atoms. The van der Waals surface area contributed by atoms with Crippen molar-refractivity contribution in [3.63, 3.8) is 0 Å². The van der Waals surface area contributed by atoms with E-state index in [-0.39, 0.29) is 11.1 Å². The van der Waals surface area contributed by atoms with Gasteiger partial charge in [0.2, 0.25) is 0 Å². The van der Waals surface area contributed by atoms with Crippen molar-refractivity contribution in [1.29, 1.82) is 5.26 Å². The number of anilines is 2. The Labute approximate surface area is 282 Å². The molecule has 4 heterocycles. The Morgan fingerprint density at radius 1 is 1.06 bits per heavy atom. The number of nitriles is 1. The van der Waals surface area contributed by atoms with Crippen LogP contribution in [0.3, 0.4) is 0 Å². The lowest BCUT2D eigenvalue weighted by molar-refractivity contribution is 0.140.